The lowest BCUT2D eigenvalue weighted by Gasteiger charge is -2.13. The van der Waals surface area contributed by atoms with E-state index >= 15 is 0 Å². The van der Waals surface area contributed by atoms with Gasteiger partial charge in [-0.2, -0.15) is 0 Å². The van der Waals surface area contributed by atoms with E-state index in [9.17, 15) is 9.59 Å². The summed E-state index contributed by atoms with van der Waals surface area (Å²) in [7, 11) is 0. The Labute approximate surface area is 116 Å². The van der Waals surface area contributed by atoms with Crippen LogP contribution >= 0.6 is 11.6 Å². The van der Waals surface area contributed by atoms with E-state index in [1.807, 2.05) is 6.92 Å². The maximum absolute atomic E-state index is 12.0. The van der Waals surface area contributed by atoms with Crippen molar-refractivity contribution >= 4 is 23.5 Å². The summed E-state index contributed by atoms with van der Waals surface area (Å²) >= 11 is 5.91. The predicted octanol–water partition coefficient (Wildman–Crippen LogP) is 2.63. The van der Waals surface area contributed by atoms with Gasteiger partial charge in [-0.3, -0.25) is 9.59 Å². The van der Waals surface area contributed by atoms with Crippen molar-refractivity contribution in [1.29, 1.82) is 0 Å². The van der Waals surface area contributed by atoms with Gasteiger partial charge in [0.15, 0.2) is 0 Å². The zero-order valence-electron chi connectivity index (χ0n) is 10.6. The van der Waals surface area contributed by atoms with E-state index in [-0.39, 0.29) is 17.9 Å². The molecule has 0 aliphatic heterocycles. The van der Waals surface area contributed by atoms with Gasteiger partial charge in [0.05, 0.1) is 5.92 Å². The van der Waals surface area contributed by atoms with Gasteiger partial charge in [-0.25, -0.2) is 0 Å². The van der Waals surface area contributed by atoms with Crippen molar-refractivity contribution in [1.82, 2.24) is 5.32 Å². The summed E-state index contributed by atoms with van der Waals surface area (Å²) in [6.07, 6.45) is 1.85. The number of amides is 1. The molecule has 0 saturated heterocycles. The molecule has 19 heavy (non-hydrogen) atoms. The molecule has 0 aromatic heterocycles. The van der Waals surface area contributed by atoms with Gasteiger partial charge in [-0.15, -0.1) is 0 Å². The lowest BCUT2D eigenvalue weighted by Crippen LogP contribution is -2.33. The van der Waals surface area contributed by atoms with E-state index in [0.29, 0.717) is 23.4 Å². The summed E-state index contributed by atoms with van der Waals surface area (Å²) < 4.78 is 0. The summed E-state index contributed by atoms with van der Waals surface area (Å²) in [5, 5.41) is 12.4. The van der Waals surface area contributed by atoms with Crippen LogP contribution in [0.2, 0.25) is 5.02 Å². The minimum Gasteiger partial charge on any atom is -0.481 e. The number of halogens is 1. The van der Waals surface area contributed by atoms with E-state index in [2.05, 4.69) is 5.32 Å². The predicted molar refractivity (Wildman–Crippen MR) is 72.4 cm³/mol. The Hall–Kier alpha value is -1.55. The number of carboxylic acids is 1. The van der Waals surface area contributed by atoms with Crippen LogP contribution in [-0.2, 0) is 4.79 Å². The number of aliphatic carboxylic acids is 1. The van der Waals surface area contributed by atoms with Gasteiger partial charge in [0, 0.05) is 16.6 Å². The van der Waals surface area contributed by atoms with Crippen LogP contribution in [0, 0.1) is 12.8 Å². The Balaban J connectivity index is 1.98. The first-order valence-electron chi connectivity index (χ1n) is 6.27. The number of rotatable bonds is 3. The third kappa shape index (κ3) is 3.26. The van der Waals surface area contributed by atoms with Crippen molar-refractivity contribution in [3.63, 3.8) is 0 Å². The molecular formula is C14H16ClNO3. The molecule has 0 bridgehead atoms. The highest BCUT2D eigenvalue weighted by molar-refractivity contribution is 6.31. The Morgan fingerprint density at radius 3 is 2.68 bits per heavy atom. The van der Waals surface area contributed by atoms with E-state index < -0.39 is 5.97 Å². The second kappa shape index (κ2) is 5.61. The fourth-order valence-corrected chi connectivity index (χ4v) is 2.51. The number of carbonyl (C=O) groups excluding carboxylic acids is 1. The standard InChI is InChI=1S/C14H16ClNO3/c1-8-6-9(3-5-12(8)15)13(17)16-11-4-2-10(7-11)14(18)19/h3,5-6,10-11H,2,4,7H2,1H3,(H,16,17)(H,18,19). The highest BCUT2D eigenvalue weighted by atomic mass is 35.5. The molecule has 1 saturated carbocycles. The van der Waals surface area contributed by atoms with Gasteiger partial charge in [0.25, 0.3) is 5.91 Å². The molecule has 4 nitrogen and oxygen atoms in total. The number of nitrogens with one attached hydrogen (secondary N) is 1. The second-order valence-corrected chi connectivity index (χ2v) is 5.39. The normalized spacial score (nSPS) is 22.2. The van der Waals surface area contributed by atoms with E-state index in [1.165, 1.54) is 0 Å². The zero-order valence-corrected chi connectivity index (χ0v) is 11.4. The number of benzene rings is 1. The minimum absolute atomic E-state index is 0.0513. The smallest absolute Gasteiger partial charge is 0.306 e. The van der Waals surface area contributed by atoms with Crippen LogP contribution in [0.15, 0.2) is 18.2 Å². The molecular weight excluding hydrogens is 266 g/mol. The van der Waals surface area contributed by atoms with Crippen LogP contribution in [0.3, 0.4) is 0 Å². The molecule has 1 aliphatic carbocycles. The molecule has 1 aliphatic rings. The van der Waals surface area contributed by atoms with Crippen molar-refractivity contribution in [2.75, 3.05) is 0 Å². The third-order valence-corrected chi connectivity index (χ3v) is 3.96. The molecule has 2 unspecified atom stereocenters. The van der Waals surface area contributed by atoms with E-state index in [1.54, 1.807) is 18.2 Å². The Morgan fingerprint density at radius 2 is 2.11 bits per heavy atom. The van der Waals surface area contributed by atoms with Crippen LogP contribution in [-0.4, -0.2) is 23.0 Å². The highest BCUT2D eigenvalue weighted by Crippen LogP contribution is 2.26. The van der Waals surface area contributed by atoms with Crippen molar-refractivity contribution < 1.29 is 14.7 Å². The van der Waals surface area contributed by atoms with Gasteiger partial charge in [0.2, 0.25) is 0 Å². The van der Waals surface area contributed by atoms with Gasteiger partial charge in [-0.1, -0.05) is 11.6 Å². The average molecular weight is 282 g/mol. The summed E-state index contributed by atoms with van der Waals surface area (Å²) in [5.41, 5.74) is 1.41. The van der Waals surface area contributed by atoms with Crippen molar-refractivity contribution in [2.24, 2.45) is 5.92 Å². The summed E-state index contributed by atoms with van der Waals surface area (Å²) in [6.45, 7) is 1.84. The monoisotopic (exact) mass is 281 g/mol. The van der Waals surface area contributed by atoms with Crippen molar-refractivity contribution in [2.45, 2.75) is 32.2 Å². The number of carboxylic acid groups (broad SMARTS) is 1. The lowest BCUT2D eigenvalue weighted by molar-refractivity contribution is -0.141. The molecule has 0 heterocycles. The maximum atomic E-state index is 12.0. The first-order valence-corrected chi connectivity index (χ1v) is 6.65. The topological polar surface area (TPSA) is 66.4 Å². The number of aryl methyl sites for hydroxylation is 1. The third-order valence-electron chi connectivity index (χ3n) is 3.54. The first-order chi connectivity index (χ1) is 8.97. The van der Waals surface area contributed by atoms with Gasteiger partial charge in [-0.05, 0) is 49.9 Å². The van der Waals surface area contributed by atoms with Crippen LogP contribution in [0.5, 0.6) is 0 Å². The Kier molecular flexibility index (Phi) is 4.10. The SMILES string of the molecule is Cc1cc(C(=O)NC2CCC(C(=O)O)C2)ccc1Cl. The molecule has 1 aromatic rings. The molecule has 2 atom stereocenters. The van der Waals surface area contributed by atoms with Gasteiger partial charge >= 0.3 is 5.97 Å². The van der Waals surface area contributed by atoms with Crippen molar-refractivity contribution in [3.05, 3.63) is 34.3 Å². The Morgan fingerprint density at radius 1 is 1.37 bits per heavy atom. The molecule has 1 fully saturated rings. The largest absolute Gasteiger partial charge is 0.481 e. The molecule has 1 aromatic carbocycles. The second-order valence-electron chi connectivity index (χ2n) is 4.98. The fraction of sp³-hybridized carbons (Fsp3) is 0.429. The molecule has 5 heteroatoms. The number of hydrogen-bond donors (Lipinski definition) is 2. The summed E-state index contributed by atoms with van der Waals surface area (Å²) in [5.74, 6) is -1.29. The van der Waals surface area contributed by atoms with Crippen LogP contribution in [0.1, 0.15) is 35.2 Å². The molecule has 2 N–H and O–H groups in total. The lowest BCUT2D eigenvalue weighted by atomic mass is 10.1. The van der Waals surface area contributed by atoms with Crippen LogP contribution in [0.25, 0.3) is 0 Å². The van der Waals surface area contributed by atoms with Gasteiger partial charge in [0.1, 0.15) is 0 Å². The van der Waals surface area contributed by atoms with E-state index in [4.69, 9.17) is 16.7 Å². The van der Waals surface area contributed by atoms with Gasteiger partial charge < -0.3 is 10.4 Å². The molecule has 1 amide bonds. The minimum atomic E-state index is -0.779. The first kappa shape index (κ1) is 13.9. The fourth-order valence-electron chi connectivity index (χ4n) is 2.39. The molecule has 2 rings (SSSR count). The molecule has 102 valence electrons. The molecule has 0 radical (unpaired) electrons. The van der Waals surface area contributed by atoms with E-state index in [0.717, 1.165) is 12.0 Å². The average Bonchev–Trinajstić information content (AvgIpc) is 2.81. The quantitative estimate of drug-likeness (QED) is 0.895. The summed E-state index contributed by atoms with van der Waals surface area (Å²) in [6, 6.07) is 5.06. The van der Waals surface area contributed by atoms with Crippen LogP contribution < -0.4 is 5.32 Å². The van der Waals surface area contributed by atoms with Crippen molar-refractivity contribution in [3.8, 4) is 0 Å². The number of hydrogen-bond acceptors (Lipinski definition) is 2. The number of carbonyl (C=O) groups is 2. The van der Waals surface area contributed by atoms with Crippen LogP contribution in [0.4, 0.5) is 0 Å². The highest BCUT2D eigenvalue weighted by Gasteiger charge is 2.30. The zero-order chi connectivity index (χ0) is 14.0. The molecule has 0 spiro atoms. The Bertz CT molecular complexity index is 515. The summed E-state index contributed by atoms with van der Waals surface area (Å²) in [4.78, 5) is 22.9. The maximum Gasteiger partial charge on any atom is 0.306 e.